The largest absolute Gasteiger partial charge is 0.508 e. The second kappa shape index (κ2) is 10.6. The van der Waals surface area contributed by atoms with E-state index in [0.29, 0.717) is 18.0 Å². The minimum absolute atomic E-state index is 0.130. The molecule has 1 aliphatic heterocycles. The molecule has 1 N–H and O–H groups in total. The zero-order chi connectivity index (χ0) is 25.0. The fourth-order valence-electron chi connectivity index (χ4n) is 4.54. The van der Waals surface area contributed by atoms with Gasteiger partial charge in [0.05, 0.1) is 17.1 Å². The number of benzene rings is 4. The molecule has 186 valence electrons. The Morgan fingerprint density at radius 3 is 2.25 bits per heavy atom. The van der Waals surface area contributed by atoms with Crippen molar-refractivity contribution in [2.45, 2.75) is 24.3 Å². The number of nitrogens with zero attached hydrogens (tertiary/aromatic N) is 2. The number of phenols is 1. The predicted molar refractivity (Wildman–Crippen MR) is 143 cm³/mol. The molecule has 0 radical (unpaired) electrons. The molecule has 1 saturated heterocycles. The number of hydrogen-bond acceptors (Lipinski definition) is 5. The van der Waals surface area contributed by atoms with E-state index in [1.165, 1.54) is 17.1 Å². The Kier molecular flexibility index (Phi) is 7.11. The maximum absolute atomic E-state index is 13.9. The van der Waals surface area contributed by atoms with Gasteiger partial charge in [0.1, 0.15) is 18.1 Å². The van der Waals surface area contributed by atoms with Gasteiger partial charge in [-0.05, 0) is 90.8 Å². The van der Waals surface area contributed by atoms with Gasteiger partial charge in [0.25, 0.3) is 10.0 Å². The van der Waals surface area contributed by atoms with Crippen LogP contribution in [0.15, 0.2) is 95.9 Å². The Morgan fingerprint density at radius 1 is 0.833 bits per heavy atom. The highest BCUT2D eigenvalue weighted by atomic mass is 32.2. The summed E-state index contributed by atoms with van der Waals surface area (Å²) in [6, 6.07) is 26.7. The van der Waals surface area contributed by atoms with E-state index in [9.17, 15) is 13.5 Å². The van der Waals surface area contributed by atoms with Gasteiger partial charge in [-0.1, -0.05) is 42.5 Å². The predicted octanol–water partition coefficient (Wildman–Crippen LogP) is 5.42. The monoisotopic (exact) mass is 502 g/mol. The first-order valence-corrected chi connectivity index (χ1v) is 13.7. The molecule has 1 heterocycles. The van der Waals surface area contributed by atoms with E-state index in [0.717, 1.165) is 36.0 Å². The van der Waals surface area contributed by atoms with Crippen molar-refractivity contribution in [3.05, 3.63) is 96.6 Å². The summed E-state index contributed by atoms with van der Waals surface area (Å²) in [5, 5.41) is 11.5. The van der Waals surface area contributed by atoms with Gasteiger partial charge < -0.3 is 9.84 Å². The molecule has 0 atom stereocenters. The van der Waals surface area contributed by atoms with Crippen molar-refractivity contribution in [3.63, 3.8) is 0 Å². The summed E-state index contributed by atoms with van der Waals surface area (Å²) in [4.78, 5) is 2.62. The van der Waals surface area contributed by atoms with Gasteiger partial charge in [-0.15, -0.1) is 0 Å². The quantitative estimate of drug-likeness (QED) is 0.331. The lowest BCUT2D eigenvalue weighted by Crippen LogP contribution is -2.30. The second-order valence-electron chi connectivity index (χ2n) is 9.08. The molecular weight excluding hydrogens is 472 g/mol. The van der Waals surface area contributed by atoms with Crippen LogP contribution in [0.2, 0.25) is 0 Å². The first kappa shape index (κ1) is 24.2. The Labute approximate surface area is 212 Å². The van der Waals surface area contributed by atoms with E-state index in [2.05, 4.69) is 4.90 Å². The fraction of sp³-hybridized carbons (Fsp3) is 0.241. The summed E-state index contributed by atoms with van der Waals surface area (Å²) in [5.74, 6) is 0.851. The van der Waals surface area contributed by atoms with Crippen LogP contribution in [0.4, 0.5) is 5.69 Å². The third-order valence-corrected chi connectivity index (χ3v) is 8.34. The topological polar surface area (TPSA) is 70.1 Å². The molecule has 1 fully saturated rings. The summed E-state index contributed by atoms with van der Waals surface area (Å²) in [5.41, 5.74) is 1.31. The number of aromatic hydroxyl groups is 1. The first-order chi connectivity index (χ1) is 17.5. The number of fused-ring (bicyclic) bond motifs is 1. The molecule has 0 bridgehead atoms. The molecule has 1 aliphatic rings. The van der Waals surface area contributed by atoms with Crippen LogP contribution in [0.1, 0.15) is 18.4 Å². The number of anilines is 1. The van der Waals surface area contributed by atoms with E-state index < -0.39 is 10.0 Å². The van der Waals surface area contributed by atoms with Crippen molar-refractivity contribution in [2.75, 3.05) is 30.5 Å². The number of likely N-dealkylation sites (tertiary alicyclic amines) is 1. The summed E-state index contributed by atoms with van der Waals surface area (Å²) in [7, 11) is -3.87. The molecule has 0 spiro atoms. The highest BCUT2D eigenvalue weighted by Gasteiger charge is 2.26. The lowest BCUT2D eigenvalue weighted by atomic mass is 10.1. The fourth-order valence-corrected chi connectivity index (χ4v) is 6.03. The molecular formula is C29H30N2O4S. The van der Waals surface area contributed by atoms with Gasteiger partial charge in [-0.3, -0.25) is 9.21 Å². The van der Waals surface area contributed by atoms with E-state index in [1.807, 2.05) is 42.5 Å². The molecule has 0 saturated carbocycles. The molecule has 5 rings (SSSR count). The number of phenolic OH excluding ortho intramolecular Hbond substituents is 1. The number of hydrogen-bond donors (Lipinski definition) is 1. The zero-order valence-electron chi connectivity index (χ0n) is 20.1. The normalized spacial score (nSPS) is 14.2. The van der Waals surface area contributed by atoms with Crippen LogP contribution >= 0.6 is 0 Å². The lowest BCUT2D eigenvalue weighted by molar-refractivity contribution is 0.238. The molecule has 6 nitrogen and oxygen atoms in total. The second-order valence-corrected chi connectivity index (χ2v) is 10.9. The van der Waals surface area contributed by atoms with Gasteiger partial charge in [0.15, 0.2) is 0 Å². The van der Waals surface area contributed by atoms with Crippen molar-refractivity contribution < 1.29 is 18.3 Å². The van der Waals surface area contributed by atoms with E-state index in [1.54, 1.807) is 48.5 Å². The van der Waals surface area contributed by atoms with E-state index in [-0.39, 0.29) is 17.2 Å². The highest BCUT2D eigenvalue weighted by molar-refractivity contribution is 7.92. The van der Waals surface area contributed by atoms with Crippen molar-refractivity contribution in [1.29, 1.82) is 0 Å². The van der Waals surface area contributed by atoms with Gasteiger partial charge in [0.2, 0.25) is 0 Å². The minimum Gasteiger partial charge on any atom is -0.508 e. The average Bonchev–Trinajstić information content (AvgIpc) is 3.42. The molecule has 4 aromatic rings. The average molecular weight is 503 g/mol. The smallest absolute Gasteiger partial charge is 0.264 e. The van der Waals surface area contributed by atoms with Crippen LogP contribution < -0.4 is 9.04 Å². The summed E-state index contributed by atoms with van der Waals surface area (Å²) in [6.45, 7) is 3.88. The van der Waals surface area contributed by atoms with Gasteiger partial charge in [-0.25, -0.2) is 8.42 Å². The van der Waals surface area contributed by atoms with Crippen molar-refractivity contribution >= 4 is 26.5 Å². The third-order valence-electron chi connectivity index (χ3n) is 6.57. The van der Waals surface area contributed by atoms with Crippen LogP contribution in [-0.4, -0.2) is 44.7 Å². The zero-order valence-corrected chi connectivity index (χ0v) is 20.9. The summed E-state index contributed by atoms with van der Waals surface area (Å²) >= 11 is 0. The van der Waals surface area contributed by atoms with Crippen molar-refractivity contribution in [1.82, 2.24) is 4.90 Å². The Bertz CT molecular complexity index is 1410. The Balaban J connectivity index is 1.42. The van der Waals surface area contributed by atoms with Crippen molar-refractivity contribution in [3.8, 4) is 11.5 Å². The number of ether oxygens (including phenoxy) is 1. The van der Waals surface area contributed by atoms with Crippen molar-refractivity contribution in [2.24, 2.45) is 0 Å². The molecule has 0 aromatic heterocycles. The molecule has 0 aliphatic carbocycles. The Morgan fingerprint density at radius 2 is 1.53 bits per heavy atom. The van der Waals surface area contributed by atoms with E-state index in [4.69, 9.17) is 4.74 Å². The molecule has 0 amide bonds. The molecule has 7 heteroatoms. The van der Waals surface area contributed by atoms with Gasteiger partial charge >= 0.3 is 0 Å². The third kappa shape index (κ3) is 5.48. The maximum atomic E-state index is 13.9. The number of sulfonamides is 1. The van der Waals surface area contributed by atoms with Crippen LogP contribution in [0, 0.1) is 0 Å². The Hall–Kier alpha value is -3.55. The summed E-state index contributed by atoms with van der Waals surface area (Å²) < 4.78 is 35.1. The van der Waals surface area contributed by atoms with Crippen LogP contribution in [0.3, 0.4) is 0 Å². The lowest BCUT2D eigenvalue weighted by Gasteiger charge is -2.25. The van der Waals surface area contributed by atoms with Gasteiger partial charge in [-0.2, -0.15) is 0 Å². The van der Waals surface area contributed by atoms with E-state index >= 15 is 0 Å². The molecule has 36 heavy (non-hydrogen) atoms. The van der Waals surface area contributed by atoms with Crippen LogP contribution in [0.25, 0.3) is 10.8 Å². The van der Waals surface area contributed by atoms with Gasteiger partial charge in [0, 0.05) is 6.54 Å². The maximum Gasteiger partial charge on any atom is 0.264 e. The molecule has 0 unspecified atom stereocenters. The highest BCUT2D eigenvalue weighted by Crippen LogP contribution is 2.30. The molecule has 4 aromatic carbocycles. The minimum atomic E-state index is -3.87. The summed E-state index contributed by atoms with van der Waals surface area (Å²) in [6.07, 6.45) is 2.49. The van der Waals surface area contributed by atoms with Crippen LogP contribution in [-0.2, 0) is 16.6 Å². The SMILES string of the molecule is O=S(=O)(c1ccc2ccccc2c1)N(Cc1ccc(O)cc1)c1ccc(OCCN2CCCC2)cc1. The first-order valence-electron chi connectivity index (χ1n) is 12.2. The van der Waals surface area contributed by atoms with Crippen LogP contribution in [0.5, 0.6) is 11.5 Å². The standard InChI is InChI=1S/C29H30N2O4S/c32-27-12-7-23(8-13-27)22-31(36(33,34)29-16-9-24-5-1-2-6-25(24)21-29)26-10-14-28(15-11-26)35-20-19-30-17-3-4-18-30/h1-2,5-16,21,32H,3-4,17-20,22H2. The number of rotatable bonds is 9.